The van der Waals surface area contributed by atoms with Crippen LogP contribution in [0, 0.1) is 0 Å². The Morgan fingerprint density at radius 1 is 1.03 bits per heavy atom. The van der Waals surface area contributed by atoms with Crippen LogP contribution in [0.2, 0.25) is 0 Å². The lowest BCUT2D eigenvalue weighted by atomic mass is 10.1. The van der Waals surface area contributed by atoms with Crippen molar-refractivity contribution in [1.29, 1.82) is 0 Å². The molecule has 1 aromatic heterocycles. The van der Waals surface area contributed by atoms with E-state index >= 15 is 0 Å². The highest BCUT2D eigenvalue weighted by atomic mass is 16.5. The molecule has 0 unspecified atom stereocenters. The number of para-hydroxylation sites is 1. The summed E-state index contributed by atoms with van der Waals surface area (Å²) < 4.78 is 7.48. The minimum Gasteiger partial charge on any atom is -0.494 e. The van der Waals surface area contributed by atoms with Crippen LogP contribution in [0.4, 0.5) is 0 Å². The van der Waals surface area contributed by atoms with E-state index in [1.165, 1.54) is 6.42 Å². The summed E-state index contributed by atoms with van der Waals surface area (Å²) in [6, 6.07) is 14.9. The van der Waals surface area contributed by atoms with Gasteiger partial charge in [-0.3, -0.25) is 14.2 Å². The van der Waals surface area contributed by atoms with Gasteiger partial charge in [-0.15, -0.1) is 0 Å². The fourth-order valence-corrected chi connectivity index (χ4v) is 3.97. The second-order valence-electron chi connectivity index (χ2n) is 8.01. The maximum atomic E-state index is 12.9. The van der Waals surface area contributed by atoms with Crippen molar-refractivity contribution in [3.63, 3.8) is 0 Å². The summed E-state index contributed by atoms with van der Waals surface area (Å²) in [5, 5.41) is 3.53. The van der Waals surface area contributed by atoms with Gasteiger partial charge in [-0.05, 0) is 56.0 Å². The normalized spacial score (nSPS) is 13.8. The number of hydrogen-bond acceptors (Lipinski definition) is 4. The highest BCUT2D eigenvalue weighted by Crippen LogP contribution is 2.16. The van der Waals surface area contributed by atoms with E-state index in [4.69, 9.17) is 9.72 Å². The first-order valence-electron chi connectivity index (χ1n) is 11.2. The molecule has 0 saturated carbocycles. The molecule has 1 aliphatic heterocycles. The first-order chi connectivity index (χ1) is 15.2. The van der Waals surface area contributed by atoms with Crippen LogP contribution < -0.4 is 15.6 Å². The van der Waals surface area contributed by atoms with Crippen molar-refractivity contribution >= 4 is 16.8 Å². The number of fused-ring (bicyclic) bond motifs is 2. The zero-order valence-electron chi connectivity index (χ0n) is 17.8. The van der Waals surface area contributed by atoms with Crippen LogP contribution in [0.25, 0.3) is 10.9 Å². The van der Waals surface area contributed by atoms with E-state index in [1.54, 1.807) is 18.2 Å². The number of carbonyl (C=O) groups is 1. The summed E-state index contributed by atoms with van der Waals surface area (Å²) >= 11 is 0. The number of rotatable bonds is 7. The molecule has 0 fully saturated rings. The molecule has 1 N–H and O–H groups in total. The Balaban J connectivity index is 1.34. The van der Waals surface area contributed by atoms with Crippen molar-refractivity contribution in [2.75, 3.05) is 13.2 Å². The van der Waals surface area contributed by atoms with Crippen molar-refractivity contribution in [2.45, 2.75) is 51.5 Å². The van der Waals surface area contributed by atoms with Crippen molar-refractivity contribution in [2.24, 2.45) is 0 Å². The van der Waals surface area contributed by atoms with Crippen LogP contribution in [0.15, 0.2) is 53.3 Å². The minimum atomic E-state index is -0.139. The summed E-state index contributed by atoms with van der Waals surface area (Å²) in [7, 11) is 0. The monoisotopic (exact) mass is 419 g/mol. The fraction of sp³-hybridized carbons (Fsp3) is 0.400. The van der Waals surface area contributed by atoms with Gasteiger partial charge in [0.1, 0.15) is 11.6 Å². The topological polar surface area (TPSA) is 73.2 Å². The van der Waals surface area contributed by atoms with Gasteiger partial charge in [0.25, 0.3) is 11.5 Å². The molecule has 2 heterocycles. The number of aryl methyl sites for hydroxylation is 1. The number of ether oxygens (including phenoxy) is 1. The van der Waals surface area contributed by atoms with Crippen LogP contribution in [-0.4, -0.2) is 28.6 Å². The van der Waals surface area contributed by atoms with E-state index < -0.39 is 0 Å². The van der Waals surface area contributed by atoms with Gasteiger partial charge in [-0.2, -0.15) is 0 Å². The standard InChI is InChI=1S/C25H29N3O3/c29-24(26-15-7-9-17-31-20-10-4-3-5-11-20)19-13-14-21-22(18-19)27-23-12-6-1-2-8-16-28(23)25(21)30/h3-5,10-11,13-14,18H,1-2,6-9,12,15-17H2,(H,26,29). The number of hydrogen-bond donors (Lipinski definition) is 1. The Labute approximate surface area is 182 Å². The van der Waals surface area contributed by atoms with E-state index in [9.17, 15) is 9.59 Å². The second kappa shape index (κ2) is 10.2. The highest BCUT2D eigenvalue weighted by Gasteiger charge is 2.14. The number of carbonyl (C=O) groups excluding carboxylic acids is 1. The van der Waals surface area contributed by atoms with Crippen LogP contribution in [-0.2, 0) is 13.0 Å². The zero-order chi connectivity index (χ0) is 21.5. The quantitative estimate of drug-likeness (QED) is 0.585. The van der Waals surface area contributed by atoms with Gasteiger partial charge in [-0.25, -0.2) is 4.98 Å². The van der Waals surface area contributed by atoms with Gasteiger partial charge in [0.05, 0.1) is 17.5 Å². The maximum Gasteiger partial charge on any atom is 0.261 e. The number of nitrogens with zero attached hydrogens (tertiary/aromatic N) is 2. The van der Waals surface area contributed by atoms with E-state index in [0.717, 1.165) is 56.6 Å². The third-order valence-corrected chi connectivity index (χ3v) is 5.70. The van der Waals surface area contributed by atoms with Gasteiger partial charge < -0.3 is 10.1 Å². The Kier molecular flexibility index (Phi) is 6.97. The molecule has 1 aliphatic rings. The first-order valence-corrected chi connectivity index (χ1v) is 11.2. The van der Waals surface area contributed by atoms with E-state index in [2.05, 4.69) is 5.32 Å². The Morgan fingerprint density at radius 2 is 1.87 bits per heavy atom. The lowest BCUT2D eigenvalue weighted by Gasteiger charge is -2.16. The number of benzene rings is 2. The number of amides is 1. The van der Waals surface area contributed by atoms with E-state index in [1.807, 2.05) is 34.9 Å². The molecular formula is C25H29N3O3. The molecule has 2 aromatic carbocycles. The predicted molar refractivity (Wildman–Crippen MR) is 122 cm³/mol. The molecule has 0 atom stereocenters. The van der Waals surface area contributed by atoms with Crippen molar-refractivity contribution in [3.8, 4) is 5.75 Å². The van der Waals surface area contributed by atoms with Crippen LogP contribution in [0.5, 0.6) is 5.75 Å². The number of nitrogens with one attached hydrogen (secondary N) is 1. The Hall–Kier alpha value is -3.15. The lowest BCUT2D eigenvalue weighted by Crippen LogP contribution is -2.27. The smallest absolute Gasteiger partial charge is 0.261 e. The first kappa shape index (κ1) is 21.1. The molecular weight excluding hydrogens is 390 g/mol. The van der Waals surface area contributed by atoms with Gasteiger partial charge in [0.15, 0.2) is 0 Å². The summed E-state index contributed by atoms with van der Waals surface area (Å²) in [5.74, 6) is 1.56. The second-order valence-corrected chi connectivity index (χ2v) is 8.01. The average molecular weight is 420 g/mol. The van der Waals surface area contributed by atoms with Crippen LogP contribution in [0.1, 0.15) is 54.7 Å². The molecule has 0 radical (unpaired) electrons. The molecule has 6 heteroatoms. The summed E-state index contributed by atoms with van der Waals surface area (Å²) in [6.45, 7) is 1.93. The molecule has 0 aliphatic carbocycles. The van der Waals surface area contributed by atoms with Gasteiger partial charge >= 0.3 is 0 Å². The SMILES string of the molecule is O=C(NCCCCOc1ccccc1)c1ccc2c(=O)n3c(nc2c1)CCCCCC3. The molecule has 4 rings (SSSR count). The molecule has 0 saturated heterocycles. The Morgan fingerprint density at radius 3 is 2.74 bits per heavy atom. The largest absolute Gasteiger partial charge is 0.494 e. The van der Waals surface area contributed by atoms with Crippen molar-refractivity contribution in [3.05, 3.63) is 70.3 Å². The van der Waals surface area contributed by atoms with E-state index in [-0.39, 0.29) is 11.5 Å². The van der Waals surface area contributed by atoms with Crippen molar-refractivity contribution in [1.82, 2.24) is 14.9 Å². The Bertz CT molecular complexity index is 1090. The lowest BCUT2D eigenvalue weighted by molar-refractivity contribution is 0.0952. The highest BCUT2D eigenvalue weighted by molar-refractivity contribution is 5.97. The van der Waals surface area contributed by atoms with Crippen LogP contribution >= 0.6 is 0 Å². The maximum absolute atomic E-state index is 12.9. The predicted octanol–water partition coefficient (Wildman–Crippen LogP) is 4.10. The fourth-order valence-electron chi connectivity index (χ4n) is 3.97. The molecule has 31 heavy (non-hydrogen) atoms. The minimum absolute atomic E-state index is 0.00674. The summed E-state index contributed by atoms with van der Waals surface area (Å²) in [5.41, 5.74) is 1.16. The van der Waals surface area contributed by atoms with Gasteiger partial charge in [-0.1, -0.05) is 31.0 Å². The summed E-state index contributed by atoms with van der Waals surface area (Å²) in [4.78, 5) is 30.2. The van der Waals surface area contributed by atoms with Gasteiger partial charge in [0.2, 0.25) is 0 Å². The molecule has 6 nitrogen and oxygen atoms in total. The van der Waals surface area contributed by atoms with E-state index in [0.29, 0.717) is 29.6 Å². The average Bonchev–Trinajstić information content (AvgIpc) is 2.77. The molecule has 0 bridgehead atoms. The zero-order valence-corrected chi connectivity index (χ0v) is 17.8. The molecule has 0 spiro atoms. The number of unbranched alkanes of at least 4 members (excludes halogenated alkanes) is 1. The molecule has 3 aromatic rings. The summed E-state index contributed by atoms with van der Waals surface area (Å²) in [6.07, 6.45) is 6.89. The molecule has 162 valence electrons. The third kappa shape index (κ3) is 5.32. The van der Waals surface area contributed by atoms with Crippen LogP contribution in [0.3, 0.4) is 0 Å². The third-order valence-electron chi connectivity index (χ3n) is 5.70. The van der Waals surface area contributed by atoms with Crippen molar-refractivity contribution < 1.29 is 9.53 Å². The van der Waals surface area contributed by atoms with Gasteiger partial charge in [0, 0.05) is 25.1 Å². The molecule has 1 amide bonds. The number of aromatic nitrogens is 2.